The molecule has 170 valence electrons. The van der Waals surface area contributed by atoms with Crippen molar-refractivity contribution < 1.29 is 14.6 Å². The lowest BCUT2D eigenvalue weighted by Gasteiger charge is -2.19. The van der Waals surface area contributed by atoms with Crippen LogP contribution in [0.1, 0.15) is 11.1 Å². The number of benzene rings is 2. The molecule has 0 bridgehead atoms. The van der Waals surface area contributed by atoms with E-state index in [4.69, 9.17) is 16.2 Å². The van der Waals surface area contributed by atoms with Crippen LogP contribution >= 0.6 is 0 Å². The molecule has 0 radical (unpaired) electrons. The number of nitrogens with two attached hydrogens (primary N) is 2. The highest BCUT2D eigenvalue weighted by Crippen LogP contribution is 2.51. The van der Waals surface area contributed by atoms with Gasteiger partial charge in [-0.15, -0.1) is 10.2 Å². The number of aromatic hydroxyl groups is 1. The van der Waals surface area contributed by atoms with Gasteiger partial charge in [0.25, 0.3) is 0 Å². The number of carbonyl (C=O) groups is 1. The number of carbonyl (C=O) groups excluding carboxylic acids is 1. The predicted octanol–water partition coefficient (Wildman–Crippen LogP) is 2.22. The standard InChI is InChI=1S/C25H27N5O3/c26-24-22(11-20(28-29-24)17-3-1-2-4-21(17)31)33-10-9-15-5-7-16(8-6-15)12-30-13-18-19(14-30)23(18)25(27)32/h1-8,11,18-19,23,31H,9-10,12-14H2,(H2,26,29)(H2,27,32). The molecule has 1 aliphatic heterocycles. The van der Waals surface area contributed by atoms with Gasteiger partial charge in [-0.3, -0.25) is 9.69 Å². The van der Waals surface area contributed by atoms with Crippen molar-refractivity contribution in [1.82, 2.24) is 15.1 Å². The first kappa shape index (κ1) is 21.2. The molecule has 2 heterocycles. The summed E-state index contributed by atoms with van der Waals surface area (Å²) in [5, 5.41) is 18.1. The van der Waals surface area contributed by atoms with E-state index in [0.29, 0.717) is 35.4 Å². The summed E-state index contributed by atoms with van der Waals surface area (Å²) in [5.74, 6) is 1.66. The van der Waals surface area contributed by atoms with Crippen LogP contribution < -0.4 is 16.2 Å². The predicted molar refractivity (Wildman–Crippen MR) is 124 cm³/mol. The van der Waals surface area contributed by atoms with Crippen molar-refractivity contribution in [1.29, 1.82) is 0 Å². The number of para-hydroxylation sites is 1. The van der Waals surface area contributed by atoms with E-state index in [1.165, 1.54) is 11.1 Å². The third-order valence-electron chi connectivity index (χ3n) is 6.64. The molecule has 1 aliphatic carbocycles. The Balaban J connectivity index is 1.13. The summed E-state index contributed by atoms with van der Waals surface area (Å²) in [6, 6.07) is 17.1. The number of rotatable bonds is 8. The maximum Gasteiger partial charge on any atom is 0.221 e. The Morgan fingerprint density at radius 1 is 1.06 bits per heavy atom. The van der Waals surface area contributed by atoms with Crippen LogP contribution in [0.5, 0.6) is 11.5 Å². The highest BCUT2D eigenvalue weighted by Gasteiger charge is 2.58. The van der Waals surface area contributed by atoms with Crippen molar-refractivity contribution in [3.63, 3.8) is 0 Å². The molecule has 2 fully saturated rings. The molecule has 1 saturated heterocycles. The van der Waals surface area contributed by atoms with Crippen LogP contribution in [0.2, 0.25) is 0 Å². The van der Waals surface area contributed by atoms with Crippen molar-refractivity contribution in [2.45, 2.75) is 13.0 Å². The number of piperidine rings is 1. The zero-order valence-electron chi connectivity index (χ0n) is 18.2. The van der Waals surface area contributed by atoms with Crippen LogP contribution in [0.3, 0.4) is 0 Å². The van der Waals surface area contributed by atoms with Crippen LogP contribution in [0.4, 0.5) is 5.82 Å². The van der Waals surface area contributed by atoms with E-state index in [2.05, 4.69) is 39.4 Å². The third kappa shape index (κ3) is 4.47. The molecule has 5 rings (SSSR count). The largest absolute Gasteiger partial charge is 0.507 e. The maximum absolute atomic E-state index is 11.3. The minimum Gasteiger partial charge on any atom is -0.507 e. The highest BCUT2D eigenvalue weighted by molar-refractivity contribution is 5.80. The van der Waals surface area contributed by atoms with Crippen molar-refractivity contribution in [2.75, 3.05) is 25.4 Å². The lowest BCUT2D eigenvalue weighted by Crippen LogP contribution is -2.28. The number of phenolic OH excluding ortho intramolecular Hbond substituents is 1. The second kappa shape index (κ2) is 8.71. The summed E-state index contributed by atoms with van der Waals surface area (Å²) in [5.41, 5.74) is 14.9. The minimum atomic E-state index is -0.144. The second-order valence-electron chi connectivity index (χ2n) is 8.86. The highest BCUT2D eigenvalue weighted by atomic mass is 16.5. The number of nitrogens with zero attached hydrogens (tertiary/aromatic N) is 3. The van der Waals surface area contributed by atoms with E-state index in [1.807, 2.05) is 6.07 Å². The number of fused-ring (bicyclic) bond motifs is 1. The summed E-state index contributed by atoms with van der Waals surface area (Å²) in [6.07, 6.45) is 0.724. The zero-order valence-corrected chi connectivity index (χ0v) is 18.2. The molecule has 1 amide bonds. The number of nitrogen functional groups attached to an aromatic ring is 1. The number of hydrogen-bond acceptors (Lipinski definition) is 7. The van der Waals surface area contributed by atoms with E-state index >= 15 is 0 Å². The molecular weight excluding hydrogens is 418 g/mol. The number of phenols is 1. The molecule has 5 N–H and O–H groups in total. The van der Waals surface area contributed by atoms with Gasteiger partial charge in [-0.05, 0) is 35.1 Å². The summed E-state index contributed by atoms with van der Waals surface area (Å²) in [4.78, 5) is 13.7. The van der Waals surface area contributed by atoms with Gasteiger partial charge in [0.05, 0.1) is 6.61 Å². The van der Waals surface area contributed by atoms with Crippen molar-refractivity contribution in [3.05, 3.63) is 65.7 Å². The van der Waals surface area contributed by atoms with Gasteiger partial charge in [-0.2, -0.15) is 0 Å². The Kier molecular flexibility index (Phi) is 5.60. The molecule has 33 heavy (non-hydrogen) atoms. The van der Waals surface area contributed by atoms with E-state index in [1.54, 1.807) is 24.3 Å². The third-order valence-corrected chi connectivity index (χ3v) is 6.64. The molecule has 1 aromatic heterocycles. The van der Waals surface area contributed by atoms with Crippen LogP contribution in [-0.2, 0) is 17.8 Å². The average molecular weight is 446 g/mol. The molecular formula is C25H27N5O3. The van der Waals surface area contributed by atoms with Crippen LogP contribution in [0.25, 0.3) is 11.3 Å². The molecule has 2 aliphatic rings. The Morgan fingerprint density at radius 2 is 1.76 bits per heavy atom. The van der Waals surface area contributed by atoms with Gasteiger partial charge >= 0.3 is 0 Å². The number of hydrogen-bond donors (Lipinski definition) is 3. The fourth-order valence-electron chi connectivity index (χ4n) is 4.83. The second-order valence-corrected chi connectivity index (χ2v) is 8.86. The first-order valence-electron chi connectivity index (χ1n) is 11.1. The molecule has 3 aromatic rings. The van der Waals surface area contributed by atoms with Gasteiger partial charge in [-0.1, -0.05) is 36.4 Å². The maximum atomic E-state index is 11.3. The van der Waals surface area contributed by atoms with Gasteiger partial charge in [0.15, 0.2) is 11.6 Å². The molecule has 8 nitrogen and oxygen atoms in total. The number of anilines is 1. The quantitative estimate of drug-likeness (QED) is 0.485. The fourth-order valence-corrected chi connectivity index (χ4v) is 4.83. The number of amides is 1. The van der Waals surface area contributed by atoms with Crippen LogP contribution in [-0.4, -0.2) is 45.8 Å². The van der Waals surface area contributed by atoms with Gasteiger partial charge in [0.1, 0.15) is 11.4 Å². The fraction of sp³-hybridized carbons (Fsp3) is 0.320. The van der Waals surface area contributed by atoms with E-state index in [9.17, 15) is 9.90 Å². The Labute approximate surface area is 192 Å². The first-order chi connectivity index (χ1) is 16.0. The zero-order chi connectivity index (χ0) is 22.9. The summed E-state index contributed by atoms with van der Waals surface area (Å²) < 4.78 is 5.87. The Hall–Kier alpha value is -3.65. The number of aromatic nitrogens is 2. The lowest BCUT2D eigenvalue weighted by atomic mass is 10.1. The monoisotopic (exact) mass is 445 g/mol. The Bertz CT molecular complexity index is 1150. The van der Waals surface area contributed by atoms with Crippen LogP contribution in [0, 0.1) is 17.8 Å². The average Bonchev–Trinajstić information content (AvgIpc) is 3.33. The number of primary amides is 1. The van der Waals surface area contributed by atoms with Gasteiger partial charge < -0.3 is 21.3 Å². The van der Waals surface area contributed by atoms with Crippen molar-refractivity contribution >= 4 is 11.7 Å². The topological polar surface area (TPSA) is 128 Å². The van der Waals surface area contributed by atoms with E-state index < -0.39 is 0 Å². The van der Waals surface area contributed by atoms with E-state index in [-0.39, 0.29) is 23.4 Å². The first-order valence-corrected chi connectivity index (χ1v) is 11.1. The number of likely N-dealkylation sites (tertiary alicyclic amines) is 1. The smallest absolute Gasteiger partial charge is 0.221 e. The molecule has 2 atom stereocenters. The van der Waals surface area contributed by atoms with Gasteiger partial charge in [0, 0.05) is 43.6 Å². The normalized spacial score (nSPS) is 21.5. The molecule has 0 spiro atoms. The Morgan fingerprint density at radius 3 is 2.45 bits per heavy atom. The lowest BCUT2D eigenvalue weighted by molar-refractivity contribution is -0.120. The molecule has 1 saturated carbocycles. The van der Waals surface area contributed by atoms with Crippen molar-refractivity contribution in [2.24, 2.45) is 23.5 Å². The van der Waals surface area contributed by atoms with Crippen molar-refractivity contribution in [3.8, 4) is 22.8 Å². The minimum absolute atomic E-state index is 0.0997. The van der Waals surface area contributed by atoms with Gasteiger partial charge in [-0.25, -0.2) is 0 Å². The van der Waals surface area contributed by atoms with Crippen LogP contribution in [0.15, 0.2) is 54.6 Å². The molecule has 2 aromatic carbocycles. The van der Waals surface area contributed by atoms with E-state index in [0.717, 1.165) is 26.1 Å². The summed E-state index contributed by atoms with van der Waals surface area (Å²) in [7, 11) is 0. The SMILES string of the molecule is NC(=O)C1C2CN(Cc3ccc(CCOc4cc(-c5ccccc5O)nnc4N)cc3)CC21. The molecule has 8 heteroatoms. The van der Waals surface area contributed by atoms with Gasteiger partial charge in [0.2, 0.25) is 5.91 Å². The summed E-state index contributed by atoms with van der Waals surface area (Å²) in [6.45, 7) is 3.25. The number of ether oxygens (including phenoxy) is 1. The molecule has 2 unspecified atom stereocenters. The summed E-state index contributed by atoms with van der Waals surface area (Å²) >= 11 is 0.